The first kappa shape index (κ1) is 13.3. The molecule has 16 heavy (non-hydrogen) atoms. The monoisotopic (exact) mass is 254 g/mol. The number of hydrogen-bond donors (Lipinski definition) is 2. The summed E-state index contributed by atoms with van der Waals surface area (Å²) in [6.07, 6.45) is -3.36. The lowest BCUT2D eigenvalue weighted by atomic mass is 9.79. The lowest BCUT2D eigenvalue weighted by molar-refractivity contribution is -0.140. The van der Waals surface area contributed by atoms with Crippen LogP contribution in [0.3, 0.4) is 0 Å². The molecule has 0 radical (unpaired) electrons. The van der Waals surface area contributed by atoms with Gasteiger partial charge in [-0.15, -0.1) is 11.8 Å². The maximum Gasteiger partial charge on any atom is 0.491 e. The van der Waals surface area contributed by atoms with Crippen LogP contribution in [0.4, 0.5) is 17.6 Å². The normalized spacial score (nSPS) is 11.7. The van der Waals surface area contributed by atoms with E-state index in [4.69, 9.17) is 10.0 Å². The van der Waals surface area contributed by atoms with Crippen molar-refractivity contribution >= 4 is 24.3 Å². The van der Waals surface area contributed by atoms with Crippen LogP contribution in [0.5, 0.6) is 0 Å². The number of hydrogen-bond acceptors (Lipinski definition) is 3. The van der Waals surface area contributed by atoms with Crippen LogP contribution in [0.1, 0.15) is 5.56 Å². The van der Waals surface area contributed by atoms with Gasteiger partial charge in [0.05, 0.1) is 5.56 Å². The minimum absolute atomic E-state index is 0.108. The molecule has 0 fully saturated rings. The van der Waals surface area contributed by atoms with Gasteiger partial charge in [-0.05, 0) is 18.4 Å². The molecule has 1 aromatic carbocycles. The quantitative estimate of drug-likeness (QED) is 0.474. The molecule has 0 unspecified atom stereocenters. The SMILES string of the molecule is CSc1cc(B(O)O)c(F)c(C(F)(F)F)c1. The molecule has 0 aromatic heterocycles. The number of halogens is 4. The molecule has 0 amide bonds. The molecule has 0 bridgehead atoms. The average Bonchev–Trinajstić information content (AvgIpc) is 2.15. The minimum atomic E-state index is -4.86. The predicted octanol–water partition coefficient (Wildman–Crippen LogP) is 1.25. The van der Waals surface area contributed by atoms with Gasteiger partial charge in [-0.2, -0.15) is 13.2 Å². The first-order valence-corrected chi connectivity index (χ1v) is 5.30. The van der Waals surface area contributed by atoms with Crippen molar-refractivity contribution in [3.8, 4) is 0 Å². The summed E-state index contributed by atoms with van der Waals surface area (Å²) in [5.41, 5.74) is -2.28. The highest BCUT2D eigenvalue weighted by molar-refractivity contribution is 7.98. The molecule has 88 valence electrons. The van der Waals surface area contributed by atoms with Crippen LogP contribution in [0, 0.1) is 5.82 Å². The molecule has 0 saturated heterocycles. The Morgan fingerprint density at radius 2 is 1.81 bits per heavy atom. The molecule has 2 N–H and O–H groups in total. The third-order valence-electron chi connectivity index (χ3n) is 1.89. The van der Waals surface area contributed by atoms with Crippen LogP contribution >= 0.6 is 11.8 Å². The van der Waals surface area contributed by atoms with Crippen LogP contribution in [0.25, 0.3) is 0 Å². The van der Waals surface area contributed by atoms with E-state index in [0.717, 1.165) is 17.8 Å². The number of thioether (sulfide) groups is 1. The molecule has 0 spiro atoms. The van der Waals surface area contributed by atoms with E-state index in [1.54, 1.807) is 0 Å². The van der Waals surface area contributed by atoms with Crippen molar-refractivity contribution in [3.63, 3.8) is 0 Å². The summed E-state index contributed by atoms with van der Waals surface area (Å²) in [4.78, 5) is 0.108. The summed E-state index contributed by atoms with van der Waals surface area (Å²) in [5, 5.41) is 17.5. The standard InChI is InChI=1S/C8H7BF4O2S/c1-16-4-2-5(8(11,12)13)7(10)6(3-4)9(14)15/h2-3,14-15H,1H3. The predicted molar refractivity (Wildman–Crippen MR) is 53.0 cm³/mol. The second-order valence-corrected chi connectivity index (χ2v) is 3.83. The van der Waals surface area contributed by atoms with E-state index in [1.165, 1.54) is 6.26 Å². The summed E-state index contributed by atoms with van der Waals surface area (Å²) in [5.74, 6) is -1.65. The largest absolute Gasteiger partial charge is 0.491 e. The third kappa shape index (κ3) is 2.69. The Morgan fingerprint density at radius 3 is 2.19 bits per heavy atom. The van der Waals surface area contributed by atoms with Crippen LogP contribution in [0.15, 0.2) is 17.0 Å². The minimum Gasteiger partial charge on any atom is -0.423 e. The molecule has 0 aliphatic heterocycles. The molecule has 0 heterocycles. The summed E-state index contributed by atoms with van der Waals surface area (Å²) < 4.78 is 50.5. The Balaban J connectivity index is 3.44. The van der Waals surface area contributed by atoms with Gasteiger partial charge in [-0.3, -0.25) is 0 Å². The van der Waals surface area contributed by atoms with Gasteiger partial charge in [0, 0.05) is 10.4 Å². The lowest BCUT2D eigenvalue weighted by Crippen LogP contribution is -2.34. The van der Waals surface area contributed by atoms with Crippen molar-refractivity contribution in [2.45, 2.75) is 11.1 Å². The van der Waals surface area contributed by atoms with Gasteiger partial charge in [-0.25, -0.2) is 4.39 Å². The van der Waals surface area contributed by atoms with Crippen LogP contribution < -0.4 is 5.46 Å². The molecule has 0 aliphatic carbocycles. The highest BCUT2D eigenvalue weighted by Gasteiger charge is 2.37. The average molecular weight is 254 g/mol. The van der Waals surface area contributed by atoms with E-state index in [9.17, 15) is 17.6 Å². The molecular formula is C8H7BF4O2S. The highest BCUT2D eigenvalue weighted by atomic mass is 32.2. The summed E-state index contributed by atoms with van der Waals surface area (Å²) >= 11 is 0.950. The molecule has 1 aromatic rings. The lowest BCUT2D eigenvalue weighted by Gasteiger charge is -2.12. The van der Waals surface area contributed by atoms with Crippen LogP contribution in [-0.4, -0.2) is 23.4 Å². The van der Waals surface area contributed by atoms with E-state index in [0.29, 0.717) is 6.07 Å². The van der Waals surface area contributed by atoms with E-state index in [1.807, 2.05) is 0 Å². The molecular weight excluding hydrogens is 247 g/mol. The van der Waals surface area contributed by atoms with Gasteiger partial charge in [0.1, 0.15) is 5.82 Å². The summed E-state index contributed by atoms with van der Waals surface area (Å²) in [6.45, 7) is 0. The number of benzene rings is 1. The van der Waals surface area contributed by atoms with Crippen LogP contribution in [0.2, 0.25) is 0 Å². The fraction of sp³-hybridized carbons (Fsp3) is 0.250. The van der Waals surface area contributed by atoms with Crippen molar-refractivity contribution in [1.29, 1.82) is 0 Å². The smallest absolute Gasteiger partial charge is 0.423 e. The van der Waals surface area contributed by atoms with Crippen molar-refractivity contribution in [1.82, 2.24) is 0 Å². The first-order chi connectivity index (χ1) is 7.27. The number of alkyl halides is 3. The van der Waals surface area contributed by atoms with Gasteiger partial charge in [0.15, 0.2) is 0 Å². The second-order valence-electron chi connectivity index (χ2n) is 2.95. The van der Waals surface area contributed by atoms with E-state index in [2.05, 4.69) is 0 Å². The van der Waals surface area contributed by atoms with E-state index >= 15 is 0 Å². The number of rotatable bonds is 2. The summed E-state index contributed by atoms with van der Waals surface area (Å²) in [7, 11) is -2.27. The molecule has 0 aliphatic rings. The highest BCUT2D eigenvalue weighted by Crippen LogP contribution is 2.33. The molecule has 8 heteroatoms. The van der Waals surface area contributed by atoms with Gasteiger partial charge < -0.3 is 10.0 Å². The first-order valence-electron chi connectivity index (χ1n) is 4.08. The zero-order valence-electron chi connectivity index (χ0n) is 8.05. The van der Waals surface area contributed by atoms with Crippen molar-refractivity contribution in [2.75, 3.05) is 6.26 Å². The van der Waals surface area contributed by atoms with E-state index < -0.39 is 30.1 Å². The zero-order chi connectivity index (χ0) is 12.5. The molecule has 0 atom stereocenters. The molecule has 2 nitrogen and oxygen atoms in total. The molecule has 1 rings (SSSR count). The van der Waals surface area contributed by atoms with Crippen molar-refractivity contribution in [2.24, 2.45) is 0 Å². The van der Waals surface area contributed by atoms with Gasteiger partial charge in [0.25, 0.3) is 0 Å². The zero-order valence-corrected chi connectivity index (χ0v) is 8.86. The Bertz CT molecular complexity index is 394. The van der Waals surface area contributed by atoms with Gasteiger partial charge >= 0.3 is 13.3 Å². The van der Waals surface area contributed by atoms with Gasteiger partial charge in [-0.1, -0.05) is 0 Å². The fourth-order valence-electron chi connectivity index (χ4n) is 1.13. The van der Waals surface area contributed by atoms with Crippen LogP contribution in [-0.2, 0) is 6.18 Å². The second kappa shape index (κ2) is 4.64. The molecule has 0 saturated carbocycles. The Labute approximate surface area is 93.4 Å². The van der Waals surface area contributed by atoms with Crippen molar-refractivity contribution in [3.05, 3.63) is 23.5 Å². The Morgan fingerprint density at radius 1 is 1.25 bits per heavy atom. The maximum atomic E-state index is 13.3. The topological polar surface area (TPSA) is 40.5 Å². The van der Waals surface area contributed by atoms with Crippen molar-refractivity contribution < 1.29 is 27.6 Å². The third-order valence-corrected chi connectivity index (χ3v) is 2.60. The van der Waals surface area contributed by atoms with E-state index in [-0.39, 0.29) is 4.90 Å². The Hall–Kier alpha value is -0.725. The fourth-order valence-corrected chi connectivity index (χ4v) is 1.61. The maximum absolute atomic E-state index is 13.3. The van der Waals surface area contributed by atoms with Gasteiger partial charge in [0.2, 0.25) is 0 Å². The summed E-state index contributed by atoms with van der Waals surface area (Å²) in [6, 6.07) is 1.60. The Kier molecular flexibility index (Phi) is 3.87.